The topological polar surface area (TPSA) is 86.5 Å². The number of methoxy groups -OCH3 is 1. The van der Waals surface area contributed by atoms with Crippen LogP contribution in [0.15, 0.2) is 18.2 Å². The van der Waals surface area contributed by atoms with Crippen molar-refractivity contribution in [1.82, 2.24) is 0 Å². The number of hydrogen-bond donors (Lipinski definition) is 1. The van der Waals surface area contributed by atoms with Gasteiger partial charge < -0.3 is 10.5 Å². The van der Waals surface area contributed by atoms with Gasteiger partial charge in [-0.1, -0.05) is 23.8 Å². The highest BCUT2D eigenvalue weighted by Crippen LogP contribution is 2.18. The van der Waals surface area contributed by atoms with E-state index < -0.39 is 27.6 Å². The van der Waals surface area contributed by atoms with E-state index in [0.717, 1.165) is 23.8 Å². The number of ether oxygens (including phenoxy) is 1. The van der Waals surface area contributed by atoms with Gasteiger partial charge in [-0.05, 0) is 25.0 Å². The number of benzene rings is 1. The lowest BCUT2D eigenvalue weighted by atomic mass is 10.0. The van der Waals surface area contributed by atoms with Crippen LogP contribution in [0.5, 0.6) is 0 Å². The average molecular weight is 285 g/mol. The maximum Gasteiger partial charge on any atom is 0.320 e. The lowest BCUT2D eigenvalue weighted by molar-refractivity contribution is -0.137. The summed E-state index contributed by atoms with van der Waals surface area (Å²) in [6.07, 6.45) is 0. The zero-order valence-electron chi connectivity index (χ0n) is 11.3. The molecule has 0 aliphatic rings. The summed E-state index contributed by atoms with van der Waals surface area (Å²) in [5.74, 6) is -1.68. The Balaban J connectivity index is 2.84. The van der Waals surface area contributed by atoms with E-state index in [1.165, 1.54) is 0 Å². The van der Waals surface area contributed by atoms with E-state index in [1.54, 1.807) is 0 Å². The van der Waals surface area contributed by atoms with Crippen molar-refractivity contribution < 1.29 is 17.9 Å². The number of esters is 1. The molecule has 6 heteroatoms. The van der Waals surface area contributed by atoms with E-state index in [-0.39, 0.29) is 5.75 Å². The second kappa shape index (κ2) is 6.16. The molecule has 0 aliphatic carbocycles. The number of nitrogens with two attached hydrogens (primary N) is 1. The third kappa shape index (κ3) is 4.65. The van der Waals surface area contributed by atoms with Gasteiger partial charge in [-0.2, -0.15) is 0 Å². The molecule has 0 saturated carbocycles. The van der Waals surface area contributed by atoms with E-state index in [4.69, 9.17) is 5.73 Å². The van der Waals surface area contributed by atoms with Crippen LogP contribution in [-0.4, -0.2) is 33.0 Å². The van der Waals surface area contributed by atoms with Gasteiger partial charge >= 0.3 is 5.97 Å². The Morgan fingerprint density at radius 3 is 2.53 bits per heavy atom. The van der Waals surface area contributed by atoms with E-state index in [0.29, 0.717) is 0 Å². The molecule has 0 saturated heterocycles. The molecule has 2 N–H and O–H groups in total. The quantitative estimate of drug-likeness (QED) is 0.812. The Morgan fingerprint density at radius 2 is 2.00 bits per heavy atom. The van der Waals surface area contributed by atoms with Gasteiger partial charge in [0, 0.05) is 6.04 Å². The first-order chi connectivity index (χ1) is 8.75. The van der Waals surface area contributed by atoms with Gasteiger partial charge in [-0.25, -0.2) is 8.42 Å². The fourth-order valence-corrected chi connectivity index (χ4v) is 3.22. The van der Waals surface area contributed by atoms with Gasteiger partial charge in [0.15, 0.2) is 9.84 Å². The summed E-state index contributed by atoms with van der Waals surface area (Å²) in [4.78, 5) is 11.0. The number of rotatable bonds is 5. The summed E-state index contributed by atoms with van der Waals surface area (Å²) in [6.45, 7) is 3.84. The molecular weight excluding hydrogens is 266 g/mol. The normalized spacial score (nSPS) is 13.1. The monoisotopic (exact) mass is 285 g/mol. The lowest BCUT2D eigenvalue weighted by Gasteiger charge is -2.15. The first-order valence-electron chi connectivity index (χ1n) is 5.85. The first kappa shape index (κ1) is 15.7. The highest BCUT2D eigenvalue weighted by Gasteiger charge is 2.22. The number of aryl methyl sites for hydroxylation is 2. The second-order valence-corrected chi connectivity index (χ2v) is 6.71. The minimum Gasteiger partial charge on any atom is -0.468 e. The number of sulfone groups is 1. The Morgan fingerprint density at radius 1 is 1.37 bits per heavy atom. The summed E-state index contributed by atoms with van der Waals surface area (Å²) in [6, 6.07) is 5.01. The second-order valence-electron chi connectivity index (χ2n) is 4.60. The molecule has 0 heterocycles. The fourth-order valence-electron chi connectivity index (χ4n) is 1.90. The Kier molecular flexibility index (Phi) is 5.08. The van der Waals surface area contributed by atoms with Crippen molar-refractivity contribution >= 4 is 15.8 Å². The Labute approximate surface area is 113 Å². The van der Waals surface area contributed by atoms with Crippen molar-refractivity contribution in [3.8, 4) is 0 Å². The van der Waals surface area contributed by atoms with Crippen LogP contribution in [-0.2, 0) is 19.4 Å². The minimum absolute atomic E-state index is 0.272. The van der Waals surface area contributed by atoms with Crippen LogP contribution >= 0.6 is 0 Å². The van der Waals surface area contributed by atoms with E-state index in [1.807, 2.05) is 32.0 Å². The highest BCUT2D eigenvalue weighted by molar-refractivity contribution is 7.92. The van der Waals surface area contributed by atoms with Crippen molar-refractivity contribution in [2.24, 2.45) is 5.73 Å². The first-order valence-corrected chi connectivity index (χ1v) is 7.67. The molecule has 106 valence electrons. The van der Waals surface area contributed by atoms with Crippen LogP contribution in [0.2, 0.25) is 0 Å². The predicted molar refractivity (Wildman–Crippen MR) is 73.5 cm³/mol. The van der Waals surface area contributed by atoms with E-state index in [2.05, 4.69) is 4.74 Å². The van der Waals surface area contributed by atoms with Crippen LogP contribution in [0, 0.1) is 13.8 Å². The van der Waals surface area contributed by atoms with Gasteiger partial charge in [0.1, 0.15) is 5.75 Å². The molecule has 0 aliphatic heterocycles. The minimum atomic E-state index is -3.57. The summed E-state index contributed by atoms with van der Waals surface area (Å²) >= 11 is 0. The Hall–Kier alpha value is -1.40. The number of carbonyl (C=O) groups is 1. The average Bonchev–Trinajstić information content (AvgIpc) is 2.26. The molecule has 0 amide bonds. The smallest absolute Gasteiger partial charge is 0.320 e. The summed E-state index contributed by atoms with van der Waals surface area (Å²) in [5, 5.41) is 0. The predicted octanol–water partition coefficient (Wildman–Crippen LogP) is 0.891. The van der Waals surface area contributed by atoms with Crippen molar-refractivity contribution in [2.45, 2.75) is 19.9 Å². The van der Waals surface area contributed by atoms with Crippen molar-refractivity contribution in [3.63, 3.8) is 0 Å². The van der Waals surface area contributed by atoms with E-state index >= 15 is 0 Å². The zero-order chi connectivity index (χ0) is 14.6. The molecule has 0 aromatic heterocycles. The summed E-state index contributed by atoms with van der Waals surface area (Å²) in [7, 11) is -2.41. The number of hydrogen-bond acceptors (Lipinski definition) is 5. The van der Waals surface area contributed by atoms with Crippen LogP contribution < -0.4 is 5.73 Å². The molecule has 0 bridgehead atoms. The van der Waals surface area contributed by atoms with Crippen molar-refractivity contribution in [3.05, 3.63) is 34.9 Å². The summed E-state index contributed by atoms with van der Waals surface area (Å²) < 4.78 is 27.9. The molecule has 1 aromatic carbocycles. The fraction of sp³-hybridized carbons (Fsp3) is 0.462. The third-order valence-corrected chi connectivity index (χ3v) is 4.37. The largest absolute Gasteiger partial charge is 0.468 e. The summed E-state index contributed by atoms with van der Waals surface area (Å²) in [5.41, 5.74) is 8.73. The Bertz CT molecular complexity index is 566. The van der Waals surface area contributed by atoms with Crippen molar-refractivity contribution in [1.29, 1.82) is 0 Å². The maximum absolute atomic E-state index is 11.8. The zero-order valence-corrected chi connectivity index (χ0v) is 12.2. The van der Waals surface area contributed by atoms with Crippen LogP contribution in [0.4, 0.5) is 0 Å². The third-order valence-electron chi connectivity index (χ3n) is 2.82. The van der Waals surface area contributed by atoms with Crippen LogP contribution in [0.25, 0.3) is 0 Å². The molecule has 1 unspecified atom stereocenters. The highest BCUT2D eigenvalue weighted by atomic mass is 32.2. The SMILES string of the molecule is COC(=O)CS(=O)(=O)CC(N)c1ccc(C)cc1C. The van der Waals surface area contributed by atoms with Gasteiger partial charge in [-0.3, -0.25) is 4.79 Å². The van der Waals surface area contributed by atoms with E-state index in [9.17, 15) is 13.2 Å². The number of carbonyl (C=O) groups excluding carboxylic acids is 1. The molecular formula is C13H19NO4S. The van der Waals surface area contributed by atoms with Gasteiger partial charge in [-0.15, -0.1) is 0 Å². The van der Waals surface area contributed by atoms with Gasteiger partial charge in [0.05, 0.1) is 12.9 Å². The molecule has 0 fully saturated rings. The van der Waals surface area contributed by atoms with Crippen molar-refractivity contribution in [2.75, 3.05) is 18.6 Å². The standard InChI is InChI=1S/C13H19NO4S/c1-9-4-5-11(10(2)6-9)12(14)7-19(16,17)8-13(15)18-3/h4-6,12H,7-8,14H2,1-3H3. The maximum atomic E-state index is 11.8. The van der Waals surface area contributed by atoms with Gasteiger partial charge in [0.2, 0.25) is 0 Å². The van der Waals surface area contributed by atoms with Crippen LogP contribution in [0.3, 0.4) is 0 Å². The molecule has 5 nitrogen and oxygen atoms in total. The molecule has 19 heavy (non-hydrogen) atoms. The van der Waals surface area contributed by atoms with Crippen LogP contribution in [0.1, 0.15) is 22.7 Å². The lowest BCUT2D eigenvalue weighted by Crippen LogP contribution is -2.27. The molecule has 0 radical (unpaired) electrons. The molecule has 0 spiro atoms. The van der Waals surface area contributed by atoms with Gasteiger partial charge in [0.25, 0.3) is 0 Å². The molecule has 1 aromatic rings. The molecule has 1 atom stereocenters. The molecule has 1 rings (SSSR count).